The van der Waals surface area contributed by atoms with E-state index < -0.39 is 22.3 Å². The normalized spacial score (nSPS) is 20.9. The summed E-state index contributed by atoms with van der Waals surface area (Å²) in [5.41, 5.74) is 4.32. The van der Waals surface area contributed by atoms with Gasteiger partial charge in [-0.25, -0.2) is 0 Å². The van der Waals surface area contributed by atoms with Gasteiger partial charge in [0.15, 0.2) is 11.6 Å². The quantitative estimate of drug-likeness (QED) is 0.0822. The molecule has 1 N–H and O–H groups in total. The zero-order chi connectivity index (χ0) is 42.5. The van der Waals surface area contributed by atoms with Crippen molar-refractivity contribution in [2.75, 3.05) is 14.1 Å². The second kappa shape index (κ2) is 21.7. The zero-order valence-corrected chi connectivity index (χ0v) is 36.0. The number of ketones is 2. The highest BCUT2D eigenvalue weighted by Gasteiger charge is 2.34. The number of Topliss-reactive ketones (excluding diaryl/α,β-unsaturated/α-hetero) is 2. The van der Waals surface area contributed by atoms with E-state index in [1.165, 1.54) is 0 Å². The van der Waals surface area contributed by atoms with Gasteiger partial charge in [-0.1, -0.05) is 152 Å². The molecule has 7 rings (SSSR count). The van der Waals surface area contributed by atoms with Crippen LogP contribution in [0.5, 0.6) is 0 Å². The molecule has 0 amide bonds. The van der Waals surface area contributed by atoms with Crippen molar-refractivity contribution in [3.8, 4) is 0 Å². The van der Waals surface area contributed by atoms with E-state index in [0.717, 1.165) is 72.8 Å². The lowest BCUT2D eigenvalue weighted by molar-refractivity contribution is 0.0549. The fourth-order valence-corrected chi connectivity index (χ4v) is 9.77. The van der Waals surface area contributed by atoms with Crippen molar-refractivity contribution in [1.29, 1.82) is 0 Å². The predicted molar refractivity (Wildman–Crippen MR) is 238 cm³/mol. The number of carbonyl (C=O) groups is 2. The van der Waals surface area contributed by atoms with Crippen LogP contribution in [0, 0.1) is 6.92 Å². The Labute approximate surface area is 357 Å². The van der Waals surface area contributed by atoms with Gasteiger partial charge in [0, 0.05) is 48.1 Å². The monoisotopic (exact) mass is 828 g/mol. The summed E-state index contributed by atoms with van der Waals surface area (Å²) >= 11 is 0. The van der Waals surface area contributed by atoms with Gasteiger partial charge >= 0.3 is 0 Å². The molecule has 2 heterocycles. The minimum absolute atomic E-state index is 0.107. The average molecular weight is 829 g/mol. The maximum absolute atomic E-state index is 13.1. The first kappa shape index (κ1) is 44.8. The number of hydrogen-bond acceptors (Lipinski definition) is 8. The first-order chi connectivity index (χ1) is 29.0. The van der Waals surface area contributed by atoms with E-state index >= 15 is 0 Å². The van der Waals surface area contributed by atoms with Crippen LogP contribution >= 0.6 is 0 Å². The Balaban J connectivity index is 0.000000213. The van der Waals surface area contributed by atoms with E-state index in [-0.39, 0.29) is 34.6 Å². The van der Waals surface area contributed by atoms with Crippen molar-refractivity contribution < 1.29 is 27.3 Å². The maximum atomic E-state index is 13.1. The summed E-state index contributed by atoms with van der Waals surface area (Å²) in [6.45, 7) is 1.92. The number of rotatable bonds is 15. The van der Waals surface area contributed by atoms with E-state index in [9.17, 15) is 23.1 Å². The fourth-order valence-electron chi connectivity index (χ4n) is 8.69. The Morgan fingerprint density at radius 2 is 0.983 bits per heavy atom. The molecule has 60 heavy (non-hydrogen) atoms. The molecule has 9 heteroatoms. The van der Waals surface area contributed by atoms with E-state index in [4.69, 9.17) is 4.18 Å². The van der Waals surface area contributed by atoms with Gasteiger partial charge in [-0.3, -0.25) is 23.6 Å². The second-order valence-electron chi connectivity index (χ2n) is 16.5. The molecule has 0 bridgehead atoms. The highest BCUT2D eigenvalue weighted by Crippen LogP contribution is 2.35. The number of aliphatic hydroxyl groups excluding tert-OH is 1. The zero-order valence-electron chi connectivity index (χ0n) is 35.2. The van der Waals surface area contributed by atoms with Gasteiger partial charge in [-0.15, -0.1) is 0 Å². The number of carbonyl (C=O) groups excluding carboxylic acids is 2. The number of aliphatic hydroxyl groups is 1. The molecule has 2 aliphatic rings. The third-order valence-electron chi connectivity index (χ3n) is 12.4. The molecule has 0 spiro atoms. The van der Waals surface area contributed by atoms with Crippen molar-refractivity contribution in [2.45, 2.75) is 112 Å². The summed E-state index contributed by atoms with van der Waals surface area (Å²) in [6, 6.07) is 45.8. The number of likely N-dealkylation sites (tertiary alicyclic amines) is 2. The van der Waals surface area contributed by atoms with E-state index in [2.05, 4.69) is 16.8 Å². The topological polar surface area (TPSA) is 104 Å². The predicted octanol–water partition coefficient (Wildman–Crippen LogP) is 10.2. The van der Waals surface area contributed by atoms with Gasteiger partial charge in [0.2, 0.25) is 0 Å². The minimum atomic E-state index is -3.93. The SMILES string of the molecule is CN1[C@@H](CC(=O)c2ccccc2)CCC[C@H]1C[C@H](O)c1ccccc1.Cc1ccc(S(=O)(=O)O[C@@H](C[C@@H]2CCC[C@H](CC(=O)c3ccccc3)N2C)c2ccccc2)cc1. The molecule has 0 aliphatic carbocycles. The first-order valence-electron chi connectivity index (χ1n) is 21.4. The van der Waals surface area contributed by atoms with Crippen molar-refractivity contribution in [3.05, 3.63) is 173 Å². The largest absolute Gasteiger partial charge is 0.388 e. The standard InChI is InChI=1S/C29H33NO4S.C22H27NO2/c1-22-16-18-27(19-17-22)35(32,33)34-29(24-12-7-4-8-13-24)21-26-15-9-14-25(30(26)2)20-28(31)23-10-5-3-6-11-23;1-23-19(15-21(24)17-9-4-2-5-10-17)13-8-14-20(23)16-22(25)18-11-6-3-7-12-18/h3-8,10-13,16-19,25-26,29H,9,14-15,20-21H2,1-2H3;2-7,9-12,19-21,24H,8,13-16H2,1H3/t25-,26+,29+;19-,20+,21-/m10/s1. The Kier molecular flexibility index (Phi) is 16.2. The molecule has 5 aromatic rings. The maximum Gasteiger partial charge on any atom is 0.297 e. The van der Waals surface area contributed by atoms with E-state index in [0.29, 0.717) is 25.3 Å². The van der Waals surface area contributed by atoms with Crippen LogP contribution in [-0.2, 0) is 14.3 Å². The van der Waals surface area contributed by atoms with Gasteiger partial charge in [0.1, 0.15) is 6.10 Å². The van der Waals surface area contributed by atoms with Crippen LogP contribution in [0.15, 0.2) is 150 Å². The lowest BCUT2D eigenvalue weighted by Crippen LogP contribution is -2.45. The molecular weight excluding hydrogens is 769 g/mol. The molecule has 2 aliphatic heterocycles. The van der Waals surface area contributed by atoms with Crippen LogP contribution < -0.4 is 0 Å². The fraction of sp³-hybridized carbons (Fsp3) is 0.373. The number of piperidine rings is 2. The molecule has 0 saturated carbocycles. The molecule has 0 aromatic heterocycles. The van der Waals surface area contributed by atoms with E-state index in [1.54, 1.807) is 24.3 Å². The van der Waals surface area contributed by atoms with Crippen LogP contribution in [-0.4, -0.2) is 73.2 Å². The third-order valence-corrected chi connectivity index (χ3v) is 13.7. The first-order valence-corrected chi connectivity index (χ1v) is 22.8. The molecule has 2 fully saturated rings. The smallest absolute Gasteiger partial charge is 0.297 e. The Bertz CT molecular complexity index is 2190. The Morgan fingerprint density at radius 3 is 1.45 bits per heavy atom. The second-order valence-corrected chi connectivity index (χ2v) is 18.0. The van der Waals surface area contributed by atoms with Crippen LogP contribution in [0.2, 0.25) is 0 Å². The lowest BCUT2D eigenvalue weighted by Gasteiger charge is -2.40. The number of benzene rings is 5. The highest BCUT2D eigenvalue weighted by molar-refractivity contribution is 7.86. The van der Waals surface area contributed by atoms with Gasteiger partial charge in [0.25, 0.3) is 10.1 Å². The van der Waals surface area contributed by atoms with Gasteiger partial charge < -0.3 is 5.11 Å². The van der Waals surface area contributed by atoms with Crippen LogP contribution in [0.3, 0.4) is 0 Å². The lowest BCUT2D eigenvalue weighted by atomic mass is 9.88. The molecule has 0 radical (unpaired) electrons. The molecule has 0 unspecified atom stereocenters. The highest BCUT2D eigenvalue weighted by atomic mass is 32.2. The van der Waals surface area contributed by atoms with Crippen molar-refractivity contribution >= 4 is 21.7 Å². The van der Waals surface area contributed by atoms with Crippen molar-refractivity contribution in [1.82, 2.24) is 9.80 Å². The Hall–Kier alpha value is -4.77. The van der Waals surface area contributed by atoms with Crippen molar-refractivity contribution in [2.24, 2.45) is 0 Å². The molecular formula is C51H60N2O6S. The van der Waals surface area contributed by atoms with Crippen LogP contribution in [0.4, 0.5) is 0 Å². The average Bonchev–Trinajstić information content (AvgIpc) is 3.27. The van der Waals surface area contributed by atoms with Gasteiger partial charge in [-0.2, -0.15) is 8.42 Å². The van der Waals surface area contributed by atoms with E-state index in [1.807, 2.05) is 135 Å². The van der Waals surface area contributed by atoms with Crippen LogP contribution in [0.25, 0.3) is 0 Å². The molecule has 8 nitrogen and oxygen atoms in total. The molecule has 316 valence electrons. The summed E-state index contributed by atoms with van der Waals surface area (Å²) in [7, 11) is 0.213. The molecule has 6 atom stereocenters. The summed E-state index contributed by atoms with van der Waals surface area (Å²) < 4.78 is 32.1. The molecule has 5 aromatic carbocycles. The summed E-state index contributed by atoms with van der Waals surface area (Å²) in [5, 5.41) is 10.5. The Morgan fingerprint density at radius 1 is 0.583 bits per heavy atom. The number of hydrogen-bond donors (Lipinski definition) is 1. The minimum Gasteiger partial charge on any atom is -0.388 e. The van der Waals surface area contributed by atoms with Gasteiger partial charge in [0.05, 0.1) is 11.0 Å². The van der Waals surface area contributed by atoms with Gasteiger partial charge in [-0.05, 0) is 82.8 Å². The van der Waals surface area contributed by atoms with Crippen molar-refractivity contribution in [3.63, 3.8) is 0 Å². The third kappa shape index (κ3) is 12.4. The van der Waals surface area contributed by atoms with Crippen LogP contribution in [0.1, 0.15) is 114 Å². The summed E-state index contributed by atoms with van der Waals surface area (Å²) in [4.78, 5) is 30.1. The summed E-state index contributed by atoms with van der Waals surface area (Å²) in [6.07, 6.45) is 7.32. The summed E-state index contributed by atoms with van der Waals surface area (Å²) in [5.74, 6) is 0.350. The number of aryl methyl sites for hydroxylation is 1. The molecule has 2 saturated heterocycles. The number of nitrogens with zero attached hydrogens (tertiary/aromatic N) is 2.